The van der Waals surface area contributed by atoms with Gasteiger partial charge in [-0.2, -0.15) is 0 Å². The van der Waals surface area contributed by atoms with Crippen molar-refractivity contribution in [1.29, 1.82) is 0 Å². The van der Waals surface area contributed by atoms with E-state index in [9.17, 15) is 0 Å². The molecule has 0 aromatic carbocycles. The molecule has 1 heterocycles. The Morgan fingerprint density at radius 1 is 1.10 bits per heavy atom. The average molecular weight is 292 g/mol. The molecule has 0 spiro atoms. The van der Waals surface area contributed by atoms with Crippen LogP contribution >= 0.6 is 0 Å². The molecule has 1 N–H and O–H groups in total. The van der Waals surface area contributed by atoms with Gasteiger partial charge in [0.05, 0.1) is 0 Å². The lowest BCUT2D eigenvalue weighted by atomic mass is 10.0. The first-order valence-electron chi connectivity index (χ1n) is 8.37. The van der Waals surface area contributed by atoms with E-state index in [1.165, 1.54) is 12.8 Å². The Hall–Kier alpha value is -1.16. The van der Waals surface area contributed by atoms with Gasteiger partial charge < -0.3 is 10.2 Å². The number of nitrogens with zero attached hydrogens (tertiary/aromatic N) is 3. The Morgan fingerprint density at radius 2 is 1.71 bits per heavy atom. The van der Waals surface area contributed by atoms with Crippen molar-refractivity contribution in [3.8, 4) is 0 Å². The standard InChI is InChI=1S/C17H32N4/c1-6-15(7-2)13-21(8-3)17-19-11-16(12-20-17)10-18-9-14(4)5/h11-12,14-15,18H,6-10,13H2,1-5H3. The van der Waals surface area contributed by atoms with E-state index in [4.69, 9.17) is 0 Å². The number of rotatable bonds is 10. The van der Waals surface area contributed by atoms with Crippen molar-refractivity contribution in [2.24, 2.45) is 11.8 Å². The summed E-state index contributed by atoms with van der Waals surface area (Å²) < 4.78 is 0. The maximum Gasteiger partial charge on any atom is 0.225 e. The molecule has 0 amide bonds. The molecule has 0 atom stereocenters. The van der Waals surface area contributed by atoms with Crippen LogP contribution in [0.2, 0.25) is 0 Å². The minimum atomic E-state index is 0.667. The predicted octanol–water partition coefficient (Wildman–Crippen LogP) is 3.48. The van der Waals surface area contributed by atoms with Gasteiger partial charge in [0.15, 0.2) is 0 Å². The van der Waals surface area contributed by atoms with Crippen molar-refractivity contribution in [3.05, 3.63) is 18.0 Å². The third kappa shape index (κ3) is 6.42. The minimum Gasteiger partial charge on any atom is -0.341 e. The third-order valence-electron chi connectivity index (χ3n) is 3.87. The first-order valence-corrected chi connectivity index (χ1v) is 8.37. The topological polar surface area (TPSA) is 41.1 Å². The largest absolute Gasteiger partial charge is 0.341 e. The molecule has 1 rings (SSSR count). The van der Waals surface area contributed by atoms with E-state index in [-0.39, 0.29) is 0 Å². The van der Waals surface area contributed by atoms with Crippen molar-refractivity contribution >= 4 is 5.95 Å². The van der Waals surface area contributed by atoms with Gasteiger partial charge in [0.2, 0.25) is 5.95 Å². The van der Waals surface area contributed by atoms with Crippen LogP contribution in [0.4, 0.5) is 5.95 Å². The van der Waals surface area contributed by atoms with E-state index in [1.807, 2.05) is 12.4 Å². The number of anilines is 1. The molecule has 0 aliphatic carbocycles. The molecule has 1 aromatic heterocycles. The molecule has 21 heavy (non-hydrogen) atoms. The highest BCUT2D eigenvalue weighted by Crippen LogP contribution is 2.14. The number of hydrogen-bond donors (Lipinski definition) is 1. The zero-order valence-corrected chi connectivity index (χ0v) is 14.4. The van der Waals surface area contributed by atoms with Crippen LogP contribution in [0.15, 0.2) is 12.4 Å². The Balaban J connectivity index is 2.57. The van der Waals surface area contributed by atoms with E-state index in [2.05, 4.69) is 54.8 Å². The fourth-order valence-electron chi connectivity index (χ4n) is 2.32. The molecule has 0 aliphatic rings. The lowest BCUT2D eigenvalue weighted by Gasteiger charge is -2.25. The first-order chi connectivity index (χ1) is 10.1. The highest BCUT2D eigenvalue weighted by Gasteiger charge is 2.12. The molecule has 0 saturated heterocycles. The van der Waals surface area contributed by atoms with Crippen molar-refractivity contribution in [1.82, 2.24) is 15.3 Å². The summed E-state index contributed by atoms with van der Waals surface area (Å²) in [4.78, 5) is 11.4. The molecule has 0 fully saturated rings. The molecule has 0 aliphatic heterocycles. The molecule has 0 saturated carbocycles. The summed E-state index contributed by atoms with van der Waals surface area (Å²) in [7, 11) is 0. The highest BCUT2D eigenvalue weighted by molar-refractivity contribution is 5.29. The second kappa shape index (κ2) is 9.72. The summed E-state index contributed by atoms with van der Waals surface area (Å²) >= 11 is 0. The van der Waals surface area contributed by atoms with Crippen molar-refractivity contribution < 1.29 is 0 Å². The fourth-order valence-corrected chi connectivity index (χ4v) is 2.32. The Kier molecular flexibility index (Phi) is 8.28. The summed E-state index contributed by atoms with van der Waals surface area (Å²) in [5, 5.41) is 3.42. The van der Waals surface area contributed by atoms with Gasteiger partial charge in [-0.3, -0.25) is 0 Å². The molecule has 120 valence electrons. The van der Waals surface area contributed by atoms with Crippen LogP contribution in [0.5, 0.6) is 0 Å². The van der Waals surface area contributed by atoms with E-state index >= 15 is 0 Å². The second-order valence-corrected chi connectivity index (χ2v) is 6.14. The van der Waals surface area contributed by atoms with Crippen LogP contribution in [0.25, 0.3) is 0 Å². The van der Waals surface area contributed by atoms with Gasteiger partial charge in [-0.15, -0.1) is 0 Å². The first kappa shape index (κ1) is 17.9. The van der Waals surface area contributed by atoms with Gasteiger partial charge >= 0.3 is 0 Å². The molecular weight excluding hydrogens is 260 g/mol. The van der Waals surface area contributed by atoms with Crippen LogP contribution in [-0.2, 0) is 6.54 Å². The van der Waals surface area contributed by atoms with E-state index in [0.717, 1.165) is 43.6 Å². The highest BCUT2D eigenvalue weighted by atomic mass is 15.2. The number of hydrogen-bond acceptors (Lipinski definition) is 4. The molecule has 0 unspecified atom stereocenters. The van der Waals surface area contributed by atoms with Crippen LogP contribution < -0.4 is 10.2 Å². The zero-order valence-electron chi connectivity index (χ0n) is 14.4. The SMILES string of the molecule is CCC(CC)CN(CC)c1ncc(CNCC(C)C)cn1. The normalized spacial score (nSPS) is 11.4. The van der Waals surface area contributed by atoms with Crippen LogP contribution in [0.3, 0.4) is 0 Å². The zero-order chi connectivity index (χ0) is 15.7. The third-order valence-corrected chi connectivity index (χ3v) is 3.87. The van der Waals surface area contributed by atoms with Crippen molar-refractivity contribution in [3.63, 3.8) is 0 Å². The van der Waals surface area contributed by atoms with Crippen molar-refractivity contribution in [2.45, 2.75) is 54.0 Å². The van der Waals surface area contributed by atoms with Crippen molar-refractivity contribution in [2.75, 3.05) is 24.5 Å². The lowest BCUT2D eigenvalue weighted by Crippen LogP contribution is -2.30. The maximum atomic E-state index is 4.54. The summed E-state index contributed by atoms with van der Waals surface area (Å²) in [6, 6.07) is 0. The molecule has 4 heteroatoms. The second-order valence-electron chi connectivity index (χ2n) is 6.14. The molecule has 4 nitrogen and oxygen atoms in total. The summed E-state index contributed by atoms with van der Waals surface area (Å²) in [6.45, 7) is 15.0. The summed E-state index contributed by atoms with van der Waals surface area (Å²) in [6.07, 6.45) is 6.32. The van der Waals surface area contributed by atoms with E-state index in [0.29, 0.717) is 5.92 Å². The maximum absolute atomic E-state index is 4.54. The minimum absolute atomic E-state index is 0.667. The Bertz CT molecular complexity index is 371. The van der Waals surface area contributed by atoms with E-state index < -0.39 is 0 Å². The lowest BCUT2D eigenvalue weighted by molar-refractivity contribution is 0.482. The van der Waals surface area contributed by atoms with Crippen LogP contribution in [0, 0.1) is 11.8 Å². The average Bonchev–Trinajstić information content (AvgIpc) is 2.49. The number of aromatic nitrogens is 2. The predicted molar refractivity (Wildman–Crippen MR) is 90.5 cm³/mol. The Labute approximate surface area is 130 Å². The van der Waals surface area contributed by atoms with Gasteiger partial charge in [-0.1, -0.05) is 40.5 Å². The monoisotopic (exact) mass is 292 g/mol. The van der Waals surface area contributed by atoms with Gasteiger partial charge in [0.1, 0.15) is 0 Å². The number of nitrogens with one attached hydrogen (secondary N) is 1. The van der Waals surface area contributed by atoms with Crippen LogP contribution in [-0.4, -0.2) is 29.6 Å². The van der Waals surface area contributed by atoms with E-state index in [1.54, 1.807) is 0 Å². The molecule has 1 aromatic rings. The quantitative estimate of drug-likeness (QED) is 0.717. The fraction of sp³-hybridized carbons (Fsp3) is 0.765. The van der Waals surface area contributed by atoms with Gasteiger partial charge in [-0.05, 0) is 25.3 Å². The van der Waals surface area contributed by atoms with Gasteiger partial charge in [0.25, 0.3) is 0 Å². The summed E-state index contributed by atoms with van der Waals surface area (Å²) in [5.41, 5.74) is 1.15. The Morgan fingerprint density at radius 3 is 2.19 bits per heavy atom. The molecule has 0 bridgehead atoms. The molecule has 0 radical (unpaired) electrons. The smallest absolute Gasteiger partial charge is 0.225 e. The van der Waals surface area contributed by atoms with Crippen LogP contribution in [0.1, 0.15) is 53.0 Å². The van der Waals surface area contributed by atoms with Gasteiger partial charge in [0, 0.05) is 37.6 Å². The molecular formula is C17H32N4. The van der Waals surface area contributed by atoms with Gasteiger partial charge in [-0.25, -0.2) is 9.97 Å². The summed E-state index contributed by atoms with van der Waals surface area (Å²) in [5.74, 6) is 2.25.